The molecule has 0 fully saturated rings. The topological polar surface area (TPSA) is 42.0 Å². The van der Waals surface area contributed by atoms with Gasteiger partial charge in [-0.25, -0.2) is 0 Å². The number of halogens is 1. The van der Waals surface area contributed by atoms with Crippen LogP contribution in [0.4, 0.5) is 0 Å². The summed E-state index contributed by atoms with van der Waals surface area (Å²) in [5.74, 6) is -3.51. The van der Waals surface area contributed by atoms with Gasteiger partial charge >= 0.3 is 188 Å². The van der Waals surface area contributed by atoms with Crippen LogP contribution in [-0.2, 0) is 0 Å². The van der Waals surface area contributed by atoms with Crippen molar-refractivity contribution in [2.24, 2.45) is 0 Å². The standard InChI is InChI=1S/C26H24ClN2OP/c27-31(23-12-4-1-5-13-23,24-14-6-2-7-15-24,25-16-8-3-9-17-25)20-19-29-26(30)22-11-10-18-28-21-22/h1-18,21H,19-20H2,(H,29,30). The molecule has 1 N–H and O–H groups in total. The van der Waals surface area contributed by atoms with Crippen LogP contribution >= 0.6 is 17.2 Å². The van der Waals surface area contributed by atoms with Crippen LogP contribution in [0.1, 0.15) is 10.4 Å². The molecule has 5 heteroatoms. The molecule has 31 heavy (non-hydrogen) atoms. The zero-order valence-electron chi connectivity index (χ0n) is 17.1. The van der Waals surface area contributed by atoms with Gasteiger partial charge in [-0.2, -0.15) is 0 Å². The molecule has 0 aliphatic carbocycles. The molecule has 1 amide bonds. The van der Waals surface area contributed by atoms with Crippen LogP contribution in [0.2, 0.25) is 0 Å². The quantitative estimate of drug-likeness (QED) is 0.425. The maximum atomic E-state index is 12.7. The fourth-order valence-electron chi connectivity index (χ4n) is 4.03. The predicted molar refractivity (Wildman–Crippen MR) is 132 cm³/mol. The van der Waals surface area contributed by atoms with Gasteiger partial charge in [0.05, 0.1) is 0 Å². The molecule has 0 saturated heterocycles. The maximum absolute atomic E-state index is 12.7. The zero-order valence-corrected chi connectivity index (χ0v) is 18.7. The van der Waals surface area contributed by atoms with E-state index >= 15 is 0 Å². The van der Waals surface area contributed by atoms with E-state index < -0.39 is 5.96 Å². The first-order chi connectivity index (χ1) is 15.1. The molecule has 0 radical (unpaired) electrons. The SMILES string of the molecule is O=C(NCCP(Cl)(c1ccccc1)(c1ccccc1)c1ccccc1)c1cccnc1. The van der Waals surface area contributed by atoms with Crippen LogP contribution in [0.3, 0.4) is 0 Å². The number of benzene rings is 3. The van der Waals surface area contributed by atoms with Crippen molar-refractivity contribution in [1.29, 1.82) is 0 Å². The van der Waals surface area contributed by atoms with Crippen molar-refractivity contribution in [3.8, 4) is 0 Å². The minimum absolute atomic E-state index is 0.149. The number of carbonyl (C=O) groups is 1. The first-order valence-electron chi connectivity index (χ1n) is 10.2. The Kier molecular flexibility index (Phi) is 6.18. The van der Waals surface area contributed by atoms with Gasteiger partial charge in [0.25, 0.3) is 0 Å². The predicted octanol–water partition coefficient (Wildman–Crippen LogP) is 4.50. The molecule has 0 aliphatic rings. The molecule has 156 valence electrons. The number of hydrogen-bond donors (Lipinski definition) is 1. The van der Waals surface area contributed by atoms with Crippen molar-refractivity contribution < 1.29 is 4.79 Å². The molecule has 1 heterocycles. The van der Waals surface area contributed by atoms with E-state index in [9.17, 15) is 4.79 Å². The Labute approximate surface area is 187 Å². The Morgan fingerprint density at radius 1 is 0.742 bits per heavy atom. The summed E-state index contributed by atoms with van der Waals surface area (Å²) in [6.07, 6.45) is 3.82. The zero-order chi connectivity index (χ0) is 21.6. The minimum atomic E-state index is -3.36. The van der Waals surface area contributed by atoms with Gasteiger partial charge in [0.1, 0.15) is 0 Å². The van der Waals surface area contributed by atoms with Gasteiger partial charge in [0.15, 0.2) is 0 Å². The third-order valence-electron chi connectivity index (χ3n) is 5.62. The molecule has 3 aromatic carbocycles. The van der Waals surface area contributed by atoms with Gasteiger partial charge in [-0.3, -0.25) is 0 Å². The number of rotatable bonds is 7. The number of pyridine rings is 1. The van der Waals surface area contributed by atoms with Crippen molar-refractivity contribution in [3.63, 3.8) is 0 Å². The molecule has 0 bridgehead atoms. The summed E-state index contributed by atoms with van der Waals surface area (Å²) in [6, 6.07) is 34.3. The van der Waals surface area contributed by atoms with Gasteiger partial charge in [-0.05, 0) is 0 Å². The first kappa shape index (κ1) is 21.2. The Morgan fingerprint density at radius 2 is 1.23 bits per heavy atom. The molecular weight excluding hydrogens is 423 g/mol. The molecule has 0 atom stereocenters. The van der Waals surface area contributed by atoms with Crippen molar-refractivity contribution in [2.75, 3.05) is 12.7 Å². The number of nitrogens with one attached hydrogen (secondary N) is 1. The van der Waals surface area contributed by atoms with Crippen LogP contribution in [0, 0.1) is 0 Å². The summed E-state index contributed by atoms with van der Waals surface area (Å²) in [5, 5.41) is 6.32. The average molecular weight is 447 g/mol. The van der Waals surface area contributed by atoms with Crippen molar-refractivity contribution >= 4 is 39.0 Å². The van der Waals surface area contributed by atoms with Gasteiger partial charge < -0.3 is 0 Å². The van der Waals surface area contributed by atoms with E-state index in [2.05, 4.69) is 46.7 Å². The molecule has 0 unspecified atom stereocenters. The van der Waals surface area contributed by atoms with E-state index in [0.717, 1.165) is 15.9 Å². The van der Waals surface area contributed by atoms with E-state index in [0.29, 0.717) is 18.3 Å². The number of aromatic nitrogens is 1. The number of carbonyl (C=O) groups excluding carboxylic acids is 1. The fraction of sp³-hybridized carbons (Fsp3) is 0.0769. The molecule has 0 aliphatic heterocycles. The molecule has 1 aromatic heterocycles. The molecule has 4 aromatic rings. The van der Waals surface area contributed by atoms with Crippen LogP contribution < -0.4 is 21.2 Å². The second kappa shape index (κ2) is 9.01. The van der Waals surface area contributed by atoms with Gasteiger partial charge in [0, 0.05) is 0 Å². The van der Waals surface area contributed by atoms with E-state index in [1.165, 1.54) is 0 Å². The summed E-state index contributed by atoms with van der Waals surface area (Å²) in [4.78, 5) is 16.7. The molecule has 3 nitrogen and oxygen atoms in total. The monoisotopic (exact) mass is 446 g/mol. The molecular formula is C26H24ClN2OP. The summed E-state index contributed by atoms with van der Waals surface area (Å²) in [5.41, 5.74) is 0.538. The van der Waals surface area contributed by atoms with E-state index in [-0.39, 0.29) is 5.91 Å². The summed E-state index contributed by atoms with van der Waals surface area (Å²) >= 11 is 7.97. The van der Waals surface area contributed by atoms with Crippen LogP contribution in [-0.4, -0.2) is 23.6 Å². The molecule has 4 rings (SSSR count). The Balaban J connectivity index is 1.80. The number of amides is 1. The normalized spacial score (nSPS) is 12.5. The van der Waals surface area contributed by atoms with Crippen LogP contribution in [0.15, 0.2) is 116 Å². The Morgan fingerprint density at radius 3 is 1.65 bits per heavy atom. The summed E-state index contributed by atoms with van der Waals surface area (Å²) < 4.78 is 0. The number of nitrogens with zero attached hydrogens (tertiary/aromatic N) is 1. The van der Waals surface area contributed by atoms with E-state index in [1.54, 1.807) is 24.5 Å². The first-order valence-corrected chi connectivity index (χ1v) is 13.5. The van der Waals surface area contributed by atoms with Crippen molar-refractivity contribution in [3.05, 3.63) is 121 Å². The second-order valence-corrected chi connectivity index (χ2v) is 14.0. The van der Waals surface area contributed by atoms with Gasteiger partial charge in [-0.15, -0.1) is 0 Å². The molecule has 0 spiro atoms. The number of hydrogen-bond acceptors (Lipinski definition) is 2. The van der Waals surface area contributed by atoms with Crippen LogP contribution in [0.5, 0.6) is 0 Å². The van der Waals surface area contributed by atoms with E-state index in [4.69, 9.17) is 11.2 Å². The van der Waals surface area contributed by atoms with E-state index in [1.807, 2.05) is 54.6 Å². The van der Waals surface area contributed by atoms with Crippen LogP contribution in [0.25, 0.3) is 0 Å². The molecule has 0 saturated carbocycles. The van der Waals surface area contributed by atoms with Crippen molar-refractivity contribution in [2.45, 2.75) is 0 Å². The summed E-state index contributed by atoms with van der Waals surface area (Å²) in [7, 11) is 0. The van der Waals surface area contributed by atoms with Gasteiger partial charge in [-0.1, -0.05) is 0 Å². The average Bonchev–Trinajstić information content (AvgIpc) is 2.86. The fourth-order valence-corrected chi connectivity index (χ4v) is 9.88. The third-order valence-corrected chi connectivity index (χ3v) is 13.1. The third kappa shape index (κ3) is 3.99. The van der Waals surface area contributed by atoms with Crippen molar-refractivity contribution in [1.82, 2.24) is 10.3 Å². The Bertz CT molecular complexity index is 1040. The Hall–Kier alpha value is -3.00. The van der Waals surface area contributed by atoms with Gasteiger partial charge in [0.2, 0.25) is 0 Å². The second-order valence-electron chi connectivity index (χ2n) is 7.41. The summed E-state index contributed by atoms with van der Waals surface area (Å²) in [6.45, 7) is 0.438.